The molecule has 0 unspecified atom stereocenters. The molecule has 0 atom stereocenters. The lowest BCUT2D eigenvalue weighted by atomic mass is 10.1. The molecule has 5 heteroatoms. The molecule has 2 aromatic heterocycles. The summed E-state index contributed by atoms with van der Waals surface area (Å²) >= 11 is 0. The standard InChI is InChI=1S/C11H13FN4/c1-8(2)11-10(12)5-9(6-13-11)7-16-4-3-14-15-16/h3-6,8H,7H2,1-2H3. The van der Waals surface area contributed by atoms with E-state index in [9.17, 15) is 4.39 Å². The average molecular weight is 220 g/mol. The molecule has 2 aromatic rings. The summed E-state index contributed by atoms with van der Waals surface area (Å²) in [7, 11) is 0. The van der Waals surface area contributed by atoms with Crippen molar-refractivity contribution >= 4 is 0 Å². The van der Waals surface area contributed by atoms with Crippen LogP contribution < -0.4 is 0 Å². The molecule has 0 radical (unpaired) electrons. The first kappa shape index (κ1) is 10.7. The Kier molecular flexibility index (Phi) is 2.94. The van der Waals surface area contributed by atoms with Crippen molar-refractivity contribution in [2.75, 3.05) is 0 Å². The molecule has 0 aliphatic heterocycles. The molecular formula is C11H13FN4. The predicted octanol–water partition coefficient (Wildman–Crippen LogP) is 1.98. The Bertz CT molecular complexity index is 465. The van der Waals surface area contributed by atoms with E-state index in [1.807, 2.05) is 13.8 Å². The highest BCUT2D eigenvalue weighted by Gasteiger charge is 2.09. The molecule has 0 aliphatic rings. The number of rotatable bonds is 3. The van der Waals surface area contributed by atoms with E-state index in [0.29, 0.717) is 12.2 Å². The Balaban J connectivity index is 2.21. The molecule has 0 saturated carbocycles. The maximum atomic E-state index is 13.6. The molecule has 0 N–H and O–H groups in total. The molecule has 4 nitrogen and oxygen atoms in total. The Labute approximate surface area is 93.1 Å². The highest BCUT2D eigenvalue weighted by molar-refractivity contribution is 5.18. The van der Waals surface area contributed by atoms with Gasteiger partial charge in [-0.25, -0.2) is 9.07 Å². The van der Waals surface area contributed by atoms with Gasteiger partial charge >= 0.3 is 0 Å². The number of aromatic nitrogens is 4. The third kappa shape index (κ3) is 2.24. The lowest BCUT2D eigenvalue weighted by Gasteiger charge is -2.07. The van der Waals surface area contributed by atoms with Crippen molar-refractivity contribution in [2.45, 2.75) is 26.3 Å². The summed E-state index contributed by atoms with van der Waals surface area (Å²) in [5.41, 5.74) is 1.29. The summed E-state index contributed by atoms with van der Waals surface area (Å²) in [5, 5.41) is 7.50. The Hall–Kier alpha value is -1.78. The number of halogens is 1. The molecule has 16 heavy (non-hydrogen) atoms. The second kappa shape index (κ2) is 4.38. The van der Waals surface area contributed by atoms with Gasteiger partial charge in [0.1, 0.15) is 5.82 Å². The Morgan fingerprint density at radius 1 is 1.44 bits per heavy atom. The molecule has 0 aromatic carbocycles. The van der Waals surface area contributed by atoms with E-state index >= 15 is 0 Å². The van der Waals surface area contributed by atoms with E-state index in [-0.39, 0.29) is 11.7 Å². The molecule has 0 fully saturated rings. The summed E-state index contributed by atoms with van der Waals surface area (Å²) in [6.07, 6.45) is 5.00. The first-order chi connectivity index (χ1) is 7.66. The third-order valence-corrected chi connectivity index (χ3v) is 2.29. The van der Waals surface area contributed by atoms with Gasteiger partial charge in [-0.3, -0.25) is 4.98 Å². The van der Waals surface area contributed by atoms with Crippen molar-refractivity contribution in [3.05, 3.63) is 41.7 Å². The summed E-state index contributed by atoms with van der Waals surface area (Å²) < 4.78 is 15.3. The van der Waals surface area contributed by atoms with Gasteiger partial charge in [0.05, 0.1) is 18.4 Å². The Morgan fingerprint density at radius 3 is 2.81 bits per heavy atom. The molecular weight excluding hydrogens is 207 g/mol. The number of hydrogen-bond acceptors (Lipinski definition) is 3. The van der Waals surface area contributed by atoms with E-state index in [2.05, 4.69) is 15.3 Å². The van der Waals surface area contributed by atoms with Crippen molar-refractivity contribution in [1.82, 2.24) is 20.0 Å². The topological polar surface area (TPSA) is 43.6 Å². The molecule has 0 bridgehead atoms. The van der Waals surface area contributed by atoms with Crippen LogP contribution in [0.15, 0.2) is 24.7 Å². The number of pyridine rings is 1. The van der Waals surface area contributed by atoms with Crippen molar-refractivity contribution in [2.24, 2.45) is 0 Å². The average Bonchev–Trinajstić information content (AvgIpc) is 2.70. The minimum atomic E-state index is -0.257. The van der Waals surface area contributed by atoms with Gasteiger partial charge in [-0.1, -0.05) is 19.1 Å². The highest BCUT2D eigenvalue weighted by Crippen LogP contribution is 2.16. The molecule has 0 aliphatic carbocycles. The van der Waals surface area contributed by atoms with Crippen LogP contribution >= 0.6 is 0 Å². The van der Waals surface area contributed by atoms with Crippen molar-refractivity contribution in [3.63, 3.8) is 0 Å². The van der Waals surface area contributed by atoms with Crippen LogP contribution in [0.25, 0.3) is 0 Å². The highest BCUT2D eigenvalue weighted by atomic mass is 19.1. The van der Waals surface area contributed by atoms with Crippen LogP contribution in [0.4, 0.5) is 4.39 Å². The number of nitrogens with zero attached hydrogens (tertiary/aromatic N) is 4. The monoisotopic (exact) mass is 220 g/mol. The molecule has 0 amide bonds. The minimum absolute atomic E-state index is 0.0976. The van der Waals surface area contributed by atoms with Crippen molar-refractivity contribution in [3.8, 4) is 0 Å². The number of hydrogen-bond donors (Lipinski definition) is 0. The zero-order valence-electron chi connectivity index (χ0n) is 9.26. The van der Waals surface area contributed by atoms with Crippen LogP contribution in [0.5, 0.6) is 0 Å². The van der Waals surface area contributed by atoms with Crippen molar-refractivity contribution < 1.29 is 4.39 Å². The first-order valence-electron chi connectivity index (χ1n) is 5.15. The fourth-order valence-electron chi connectivity index (χ4n) is 1.50. The van der Waals surface area contributed by atoms with Crippen LogP contribution in [0.3, 0.4) is 0 Å². The van der Waals surface area contributed by atoms with E-state index in [1.165, 1.54) is 6.07 Å². The van der Waals surface area contributed by atoms with E-state index < -0.39 is 0 Å². The quantitative estimate of drug-likeness (QED) is 0.794. The van der Waals surface area contributed by atoms with Crippen LogP contribution in [0, 0.1) is 5.82 Å². The zero-order valence-corrected chi connectivity index (χ0v) is 9.26. The molecule has 2 heterocycles. The predicted molar refractivity (Wildman–Crippen MR) is 57.4 cm³/mol. The SMILES string of the molecule is CC(C)c1ncc(Cn2ccnn2)cc1F. The first-order valence-corrected chi connectivity index (χ1v) is 5.15. The van der Waals surface area contributed by atoms with E-state index in [1.54, 1.807) is 23.3 Å². The smallest absolute Gasteiger partial charge is 0.145 e. The second-order valence-corrected chi connectivity index (χ2v) is 3.97. The lowest BCUT2D eigenvalue weighted by molar-refractivity contribution is 0.575. The van der Waals surface area contributed by atoms with Crippen molar-refractivity contribution in [1.29, 1.82) is 0 Å². The van der Waals surface area contributed by atoms with Gasteiger partial charge in [0.2, 0.25) is 0 Å². The van der Waals surface area contributed by atoms with Gasteiger partial charge in [-0.05, 0) is 17.5 Å². The van der Waals surface area contributed by atoms with Gasteiger partial charge in [0.25, 0.3) is 0 Å². The second-order valence-electron chi connectivity index (χ2n) is 3.97. The van der Waals surface area contributed by atoms with E-state index in [4.69, 9.17) is 0 Å². The largest absolute Gasteiger partial charge is 0.258 e. The fourth-order valence-corrected chi connectivity index (χ4v) is 1.50. The van der Waals surface area contributed by atoms with Gasteiger partial charge in [0, 0.05) is 12.4 Å². The van der Waals surface area contributed by atoms with Crippen LogP contribution in [-0.2, 0) is 6.54 Å². The normalized spacial score (nSPS) is 11.0. The van der Waals surface area contributed by atoms with E-state index in [0.717, 1.165) is 5.56 Å². The minimum Gasteiger partial charge on any atom is -0.258 e. The fraction of sp³-hybridized carbons (Fsp3) is 0.364. The zero-order chi connectivity index (χ0) is 11.5. The molecule has 2 rings (SSSR count). The Morgan fingerprint density at radius 2 is 2.25 bits per heavy atom. The summed E-state index contributed by atoms with van der Waals surface area (Å²) in [5.74, 6) is -0.159. The van der Waals surface area contributed by atoms with Crippen LogP contribution in [0.2, 0.25) is 0 Å². The summed E-state index contributed by atoms with van der Waals surface area (Å²) in [6, 6.07) is 1.50. The van der Waals surface area contributed by atoms with Gasteiger partial charge in [0.15, 0.2) is 0 Å². The van der Waals surface area contributed by atoms with Crippen LogP contribution in [0.1, 0.15) is 31.0 Å². The molecule has 0 spiro atoms. The summed E-state index contributed by atoms with van der Waals surface area (Å²) in [6.45, 7) is 4.33. The maximum Gasteiger partial charge on any atom is 0.145 e. The maximum absolute atomic E-state index is 13.6. The van der Waals surface area contributed by atoms with Gasteiger partial charge in [-0.15, -0.1) is 5.10 Å². The summed E-state index contributed by atoms with van der Waals surface area (Å²) in [4.78, 5) is 4.12. The van der Waals surface area contributed by atoms with Crippen LogP contribution in [-0.4, -0.2) is 20.0 Å². The third-order valence-electron chi connectivity index (χ3n) is 2.29. The lowest BCUT2D eigenvalue weighted by Crippen LogP contribution is -2.04. The molecule has 0 saturated heterocycles. The molecule has 84 valence electrons. The van der Waals surface area contributed by atoms with Gasteiger partial charge in [-0.2, -0.15) is 0 Å². The van der Waals surface area contributed by atoms with Gasteiger partial charge < -0.3 is 0 Å².